The smallest absolute Gasteiger partial charge is 0.121 e. The van der Waals surface area contributed by atoms with Crippen molar-refractivity contribution in [2.45, 2.75) is 39.9 Å². The van der Waals surface area contributed by atoms with Gasteiger partial charge >= 0.3 is 0 Å². The zero-order valence-electron chi connectivity index (χ0n) is 15.9. The monoisotopic (exact) mass is 355 g/mol. The van der Waals surface area contributed by atoms with Crippen LogP contribution in [0.1, 0.15) is 30.5 Å². The molecule has 0 aromatic heterocycles. The minimum atomic E-state index is 0.392. The molecule has 2 unspecified atom stereocenters. The summed E-state index contributed by atoms with van der Waals surface area (Å²) >= 11 is 0. The number of hydrogen-bond acceptors (Lipinski definition) is 2. The Kier molecular flexibility index (Phi) is 6.67. The molecular formula is C22H30NOP. The lowest BCUT2D eigenvalue weighted by molar-refractivity contribution is 0.225. The first-order valence-electron chi connectivity index (χ1n) is 8.77. The van der Waals surface area contributed by atoms with E-state index >= 15 is 0 Å². The van der Waals surface area contributed by atoms with Gasteiger partial charge in [0.15, 0.2) is 0 Å². The zero-order valence-corrected chi connectivity index (χ0v) is 17.1. The molecule has 25 heavy (non-hydrogen) atoms. The first-order chi connectivity index (χ1) is 11.8. The van der Waals surface area contributed by atoms with Crippen molar-refractivity contribution in [2.75, 3.05) is 13.2 Å². The fourth-order valence-corrected chi connectivity index (χ4v) is 3.18. The van der Waals surface area contributed by atoms with E-state index in [2.05, 4.69) is 78.4 Å². The Hall–Kier alpha value is -1.79. The minimum Gasteiger partial charge on any atom is -0.493 e. The summed E-state index contributed by atoms with van der Waals surface area (Å²) < 4.78 is 5.88. The van der Waals surface area contributed by atoms with Crippen molar-refractivity contribution in [1.82, 2.24) is 4.90 Å². The second kappa shape index (κ2) is 8.54. The lowest BCUT2D eigenvalue weighted by atomic mass is 10.1. The summed E-state index contributed by atoms with van der Waals surface area (Å²) in [7, 11) is 2.75. The molecule has 0 saturated carbocycles. The Morgan fingerprint density at radius 1 is 1.40 bits per heavy atom. The number of ether oxygens (including phenoxy) is 1. The van der Waals surface area contributed by atoms with Crippen molar-refractivity contribution in [3.8, 4) is 0 Å². The summed E-state index contributed by atoms with van der Waals surface area (Å²) in [6, 6.07) is 6.62. The number of benzene rings is 1. The molecule has 3 heteroatoms. The molecule has 1 aliphatic heterocycles. The summed E-state index contributed by atoms with van der Waals surface area (Å²) in [5.74, 6) is 0.718. The fourth-order valence-electron chi connectivity index (χ4n) is 3.09. The van der Waals surface area contributed by atoms with Gasteiger partial charge in [0.05, 0.1) is 6.61 Å². The second-order valence-electron chi connectivity index (χ2n) is 6.84. The molecule has 0 fully saturated rings. The number of rotatable bonds is 7. The van der Waals surface area contributed by atoms with E-state index < -0.39 is 0 Å². The molecule has 134 valence electrons. The van der Waals surface area contributed by atoms with Crippen molar-refractivity contribution in [1.29, 1.82) is 0 Å². The highest BCUT2D eigenvalue weighted by atomic mass is 31.0. The standard InChI is InChI=1S/C22H30NOP/c1-7-8-21-13-23(12-20-10-9-15(2)11-16(20)3)18(5)22(21)19(6)24-14-17(4)25/h7-11,17H,5-6,12-14,25H2,1-4H3/b8-7-. The molecule has 0 spiro atoms. The number of aryl methyl sites for hydroxylation is 2. The van der Waals surface area contributed by atoms with Gasteiger partial charge in [0.25, 0.3) is 0 Å². The Balaban J connectivity index is 2.20. The third-order valence-corrected chi connectivity index (χ3v) is 4.57. The van der Waals surface area contributed by atoms with Crippen molar-refractivity contribution in [3.63, 3.8) is 0 Å². The van der Waals surface area contributed by atoms with Crippen LogP contribution in [0.2, 0.25) is 0 Å². The van der Waals surface area contributed by atoms with E-state index in [1.807, 2.05) is 6.92 Å². The first kappa shape index (κ1) is 19.5. The van der Waals surface area contributed by atoms with Gasteiger partial charge < -0.3 is 9.64 Å². The number of nitrogens with zero attached hydrogens (tertiary/aromatic N) is 1. The van der Waals surface area contributed by atoms with E-state index in [0.29, 0.717) is 12.3 Å². The van der Waals surface area contributed by atoms with Crippen LogP contribution >= 0.6 is 9.24 Å². The molecule has 2 nitrogen and oxygen atoms in total. The van der Waals surface area contributed by atoms with E-state index in [1.54, 1.807) is 0 Å². The van der Waals surface area contributed by atoms with Gasteiger partial charge in [-0.1, -0.05) is 56.0 Å². The van der Waals surface area contributed by atoms with Crippen LogP contribution in [-0.4, -0.2) is 23.7 Å². The van der Waals surface area contributed by atoms with E-state index in [1.165, 1.54) is 22.3 Å². The highest BCUT2D eigenvalue weighted by molar-refractivity contribution is 7.17. The summed E-state index contributed by atoms with van der Waals surface area (Å²) in [6.07, 6.45) is 4.20. The molecule has 0 saturated heterocycles. The van der Waals surface area contributed by atoms with Gasteiger partial charge in [0.2, 0.25) is 0 Å². The number of hydrogen-bond donors (Lipinski definition) is 0. The fraction of sp³-hybridized carbons (Fsp3) is 0.364. The van der Waals surface area contributed by atoms with Gasteiger partial charge in [-0.2, -0.15) is 0 Å². The molecule has 2 atom stereocenters. The SMILES string of the molecule is C=C(OCC(C)P)C1=C(/C=C\C)CN(Cc2ccc(C)cc2C)C1=C. The molecule has 0 bridgehead atoms. The quantitative estimate of drug-likeness (QED) is 0.486. The third-order valence-electron chi connectivity index (χ3n) is 4.38. The predicted octanol–water partition coefficient (Wildman–Crippen LogP) is 5.30. The van der Waals surface area contributed by atoms with E-state index in [9.17, 15) is 0 Å². The third kappa shape index (κ3) is 4.86. The topological polar surface area (TPSA) is 12.5 Å². The van der Waals surface area contributed by atoms with Crippen LogP contribution in [0.15, 0.2) is 66.1 Å². The van der Waals surface area contributed by atoms with Crippen LogP contribution in [0, 0.1) is 13.8 Å². The van der Waals surface area contributed by atoms with Crippen LogP contribution in [0.3, 0.4) is 0 Å². The average Bonchev–Trinajstić information content (AvgIpc) is 2.84. The van der Waals surface area contributed by atoms with E-state index in [-0.39, 0.29) is 0 Å². The van der Waals surface area contributed by atoms with Crippen LogP contribution in [0.5, 0.6) is 0 Å². The van der Waals surface area contributed by atoms with E-state index in [0.717, 1.165) is 30.1 Å². The van der Waals surface area contributed by atoms with Crippen molar-refractivity contribution in [2.24, 2.45) is 0 Å². The molecule has 1 aromatic carbocycles. The second-order valence-corrected chi connectivity index (χ2v) is 7.98. The van der Waals surface area contributed by atoms with Gasteiger partial charge in [-0.05, 0) is 37.5 Å². The van der Waals surface area contributed by atoms with Gasteiger partial charge in [-0.15, -0.1) is 9.24 Å². The maximum Gasteiger partial charge on any atom is 0.121 e. The number of allylic oxidation sites excluding steroid dienone is 1. The molecule has 0 aliphatic carbocycles. The maximum atomic E-state index is 5.88. The van der Waals surface area contributed by atoms with Crippen LogP contribution < -0.4 is 0 Å². The Morgan fingerprint density at radius 3 is 2.72 bits per heavy atom. The van der Waals surface area contributed by atoms with Crippen molar-refractivity contribution in [3.05, 3.63) is 82.8 Å². The predicted molar refractivity (Wildman–Crippen MR) is 112 cm³/mol. The minimum absolute atomic E-state index is 0.392. The Bertz CT molecular complexity index is 728. The summed E-state index contributed by atoms with van der Waals surface area (Å²) in [5.41, 5.74) is 7.60. The lowest BCUT2D eigenvalue weighted by Gasteiger charge is -2.23. The van der Waals surface area contributed by atoms with E-state index in [4.69, 9.17) is 4.74 Å². The summed E-state index contributed by atoms with van der Waals surface area (Å²) in [5, 5.41) is 0. The highest BCUT2D eigenvalue weighted by Crippen LogP contribution is 2.34. The van der Waals surface area contributed by atoms with Gasteiger partial charge in [-0.3, -0.25) is 0 Å². The van der Waals surface area contributed by atoms with Crippen LogP contribution in [0.4, 0.5) is 0 Å². The molecule has 0 amide bonds. The van der Waals surface area contributed by atoms with Crippen LogP contribution in [0.25, 0.3) is 0 Å². The molecular weight excluding hydrogens is 325 g/mol. The zero-order chi connectivity index (χ0) is 18.6. The molecule has 1 heterocycles. The highest BCUT2D eigenvalue weighted by Gasteiger charge is 2.27. The molecule has 1 aromatic rings. The van der Waals surface area contributed by atoms with Gasteiger partial charge in [0.1, 0.15) is 5.76 Å². The van der Waals surface area contributed by atoms with Crippen molar-refractivity contribution >= 4 is 9.24 Å². The summed E-state index contributed by atoms with van der Waals surface area (Å²) in [6.45, 7) is 19.3. The van der Waals surface area contributed by atoms with Crippen LogP contribution in [-0.2, 0) is 11.3 Å². The molecule has 2 rings (SSSR count). The van der Waals surface area contributed by atoms with Gasteiger partial charge in [-0.25, -0.2) is 0 Å². The molecule has 1 aliphatic rings. The molecule has 0 N–H and O–H groups in total. The normalized spacial score (nSPS) is 16.0. The largest absolute Gasteiger partial charge is 0.493 e. The first-order valence-corrected chi connectivity index (χ1v) is 9.44. The van der Waals surface area contributed by atoms with Gasteiger partial charge in [0, 0.05) is 30.0 Å². The maximum absolute atomic E-state index is 5.88. The lowest BCUT2D eigenvalue weighted by Crippen LogP contribution is -2.19. The molecule has 0 radical (unpaired) electrons. The Labute approximate surface area is 155 Å². The van der Waals surface area contributed by atoms with Crippen molar-refractivity contribution < 1.29 is 4.74 Å². The Morgan fingerprint density at radius 2 is 2.12 bits per heavy atom. The summed E-state index contributed by atoms with van der Waals surface area (Å²) in [4.78, 5) is 2.31. The average molecular weight is 355 g/mol.